The van der Waals surface area contributed by atoms with E-state index in [1.165, 1.54) is 12.1 Å². The Kier molecular flexibility index (Phi) is 5.03. The van der Waals surface area contributed by atoms with E-state index in [1.807, 2.05) is 24.3 Å². The lowest BCUT2D eigenvalue weighted by atomic mass is 10.2. The first-order valence-electron chi connectivity index (χ1n) is 7.88. The van der Waals surface area contributed by atoms with Gasteiger partial charge in [-0.05, 0) is 42.5 Å². The summed E-state index contributed by atoms with van der Waals surface area (Å²) >= 11 is 18.3. The number of nitrogens with one attached hydrogen (secondary N) is 1. The molecule has 4 rings (SSSR count). The van der Waals surface area contributed by atoms with E-state index >= 15 is 0 Å². The van der Waals surface area contributed by atoms with E-state index in [4.69, 9.17) is 35.4 Å². The Morgan fingerprint density at radius 1 is 1.18 bits per heavy atom. The summed E-state index contributed by atoms with van der Waals surface area (Å²) in [5, 5.41) is 12.6. The fourth-order valence-electron chi connectivity index (χ4n) is 2.52. The SMILES string of the molecule is O=C(Nn1c(O)c(C=C2N=c3ccccc3=N2)sc1=S)c1ccc(Cl)cc1Cl. The average molecular weight is 449 g/mol. The molecule has 1 aromatic heterocycles. The van der Waals surface area contributed by atoms with E-state index in [9.17, 15) is 9.90 Å². The summed E-state index contributed by atoms with van der Waals surface area (Å²) in [4.78, 5) is 21.7. The molecule has 2 N–H and O–H groups in total. The van der Waals surface area contributed by atoms with Crippen LogP contribution >= 0.6 is 46.8 Å². The number of para-hydroxylation sites is 2. The van der Waals surface area contributed by atoms with E-state index in [1.54, 1.807) is 12.1 Å². The van der Waals surface area contributed by atoms with Gasteiger partial charge >= 0.3 is 0 Å². The molecule has 28 heavy (non-hydrogen) atoms. The molecule has 10 heteroatoms. The van der Waals surface area contributed by atoms with Gasteiger partial charge in [0.25, 0.3) is 5.91 Å². The van der Waals surface area contributed by atoms with Gasteiger partial charge in [0.15, 0.2) is 9.78 Å². The van der Waals surface area contributed by atoms with Crippen LogP contribution in [-0.2, 0) is 0 Å². The number of carbonyl (C=O) groups is 1. The van der Waals surface area contributed by atoms with Crippen LogP contribution in [0.25, 0.3) is 6.08 Å². The maximum absolute atomic E-state index is 12.5. The molecular weight excluding hydrogens is 439 g/mol. The Labute approximate surface area is 177 Å². The summed E-state index contributed by atoms with van der Waals surface area (Å²) in [7, 11) is 0. The van der Waals surface area contributed by atoms with Gasteiger partial charge in [0, 0.05) is 11.1 Å². The van der Waals surface area contributed by atoms with Crippen LogP contribution in [-0.4, -0.2) is 15.7 Å². The van der Waals surface area contributed by atoms with Crippen LogP contribution in [0.4, 0.5) is 0 Å². The molecule has 0 fully saturated rings. The zero-order valence-electron chi connectivity index (χ0n) is 13.9. The van der Waals surface area contributed by atoms with E-state index < -0.39 is 5.91 Å². The number of hydrogen-bond donors (Lipinski definition) is 2. The molecule has 0 aliphatic carbocycles. The highest BCUT2D eigenvalue weighted by molar-refractivity contribution is 7.73. The molecule has 3 aromatic rings. The lowest BCUT2D eigenvalue weighted by molar-refractivity contribution is 0.101. The molecule has 1 aliphatic rings. The van der Waals surface area contributed by atoms with Crippen LogP contribution < -0.4 is 16.1 Å². The number of hydrogen-bond acceptors (Lipinski definition) is 6. The molecule has 0 spiro atoms. The number of amides is 1. The van der Waals surface area contributed by atoms with Crippen molar-refractivity contribution in [3.05, 3.63) is 83.4 Å². The Morgan fingerprint density at radius 3 is 2.50 bits per heavy atom. The van der Waals surface area contributed by atoms with Crippen LogP contribution in [0.15, 0.2) is 58.3 Å². The predicted molar refractivity (Wildman–Crippen MR) is 112 cm³/mol. The first-order chi connectivity index (χ1) is 13.4. The zero-order valence-corrected chi connectivity index (χ0v) is 17.0. The van der Waals surface area contributed by atoms with Crippen molar-refractivity contribution < 1.29 is 9.90 Å². The monoisotopic (exact) mass is 448 g/mol. The molecular formula is C18H10Cl2N4O2S2. The molecule has 1 aliphatic heterocycles. The Balaban J connectivity index is 1.65. The van der Waals surface area contributed by atoms with Gasteiger partial charge in [-0.15, -0.1) is 0 Å². The summed E-state index contributed by atoms with van der Waals surface area (Å²) in [5.41, 5.74) is 2.74. The highest BCUT2D eigenvalue weighted by Gasteiger charge is 2.17. The topological polar surface area (TPSA) is 79.0 Å². The number of carbonyl (C=O) groups excluding carboxylic acids is 1. The van der Waals surface area contributed by atoms with Crippen molar-refractivity contribution >= 4 is 58.7 Å². The normalized spacial score (nSPS) is 12.1. The number of aromatic nitrogens is 1. The van der Waals surface area contributed by atoms with E-state index in [2.05, 4.69) is 15.4 Å². The second kappa shape index (κ2) is 7.48. The molecule has 6 nitrogen and oxygen atoms in total. The molecule has 1 amide bonds. The Morgan fingerprint density at radius 2 is 1.86 bits per heavy atom. The van der Waals surface area contributed by atoms with E-state index in [0.29, 0.717) is 15.7 Å². The van der Waals surface area contributed by atoms with Crippen molar-refractivity contribution in [1.82, 2.24) is 4.68 Å². The van der Waals surface area contributed by atoms with E-state index in [0.717, 1.165) is 26.7 Å². The zero-order chi connectivity index (χ0) is 19.8. The Hall–Kier alpha value is -2.52. The number of rotatable bonds is 3. The van der Waals surface area contributed by atoms with Gasteiger partial charge in [-0.2, -0.15) is 4.68 Å². The maximum Gasteiger partial charge on any atom is 0.271 e. The molecule has 140 valence electrons. The van der Waals surface area contributed by atoms with Crippen LogP contribution in [0.1, 0.15) is 15.2 Å². The third kappa shape index (κ3) is 3.59. The highest BCUT2D eigenvalue weighted by atomic mass is 35.5. The summed E-state index contributed by atoms with van der Waals surface area (Å²) in [5.74, 6) is -0.318. The summed E-state index contributed by atoms with van der Waals surface area (Å²) in [6.45, 7) is 0. The Bertz CT molecular complexity index is 1290. The molecule has 2 aromatic carbocycles. The van der Waals surface area contributed by atoms with E-state index in [-0.39, 0.29) is 20.4 Å². The quantitative estimate of drug-likeness (QED) is 0.595. The molecule has 0 saturated heterocycles. The van der Waals surface area contributed by atoms with Gasteiger partial charge in [0.05, 0.1) is 26.2 Å². The van der Waals surface area contributed by atoms with Crippen LogP contribution in [0.2, 0.25) is 10.0 Å². The van der Waals surface area contributed by atoms with Crippen molar-refractivity contribution in [1.29, 1.82) is 0 Å². The third-order valence-corrected chi connectivity index (χ3v) is 5.67. The number of thiazole rings is 1. The van der Waals surface area contributed by atoms with Crippen molar-refractivity contribution in [2.75, 3.05) is 5.43 Å². The van der Waals surface area contributed by atoms with Gasteiger partial charge in [-0.1, -0.05) is 46.7 Å². The summed E-state index contributed by atoms with van der Waals surface area (Å²) in [6.07, 6.45) is 1.60. The van der Waals surface area contributed by atoms with Gasteiger partial charge in [0.1, 0.15) is 0 Å². The van der Waals surface area contributed by atoms with Crippen molar-refractivity contribution in [2.24, 2.45) is 9.98 Å². The van der Waals surface area contributed by atoms with Gasteiger partial charge in [0.2, 0.25) is 5.88 Å². The summed E-state index contributed by atoms with van der Waals surface area (Å²) in [6, 6.07) is 11.9. The molecule has 0 saturated carbocycles. The predicted octanol–water partition coefficient (Wildman–Crippen LogP) is 3.93. The maximum atomic E-state index is 12.5. The van der Waals surface area contributed by atoms with Crippen LogP contribution in [0, 0.1) is 3.95 Å². The van der Waals surface area contributed by atoms with Gasteiger partial charge in [-0.25, -0.2) is 9.98 Å². The number of halogens is 2. The largest absolute Gasteiger partial charge is 0.492 e. The fourth-order valence-corrected chi connectivity index (χ4v) is 4.17. The first-order valence-corrected chi connectivity index (χ1v) is 9.86. The minimum absolute atomic E-state index is 0.190. The molecule has 0 radical (unpaired) electrons. The smallest absolute Gasteiger partial charge is 0.271 e. The second-order valence-electron chi connectivity index (χ2n) is 5.67. The lowest BCUT2D eigenvalue weighted by Crippen LogP contribution is -2.22. The summed E-state index contributed by atoms with van der Waals surface area (Å²) < 4.78 is 1.36. The fraction of sp³-hybridized carbons (Fsp3) is 0. The van der Waals surface area contributed by atoms with Gasteiger partial charge < -0.3 is 5.11 Å². The highest BCUT2D eigenvalue weighted by Crippen LogP contribution is 2.28. The van der Waals surface area contributed by atoms with Gasteiger partial charge in [-0.3, -0.25) is 10.2 Å². The average Bonchev–Trinajstić information content (AvgIpc) is 3.17. The van der Waals surface area contributed by atoms with Crippen molar-refractivity contribution in [3.8, 4) is 5.88 Å². The number of benzene rings is 2. The van der Waals surface area contributed by atoms with Crippen molar-refractivity contribution in [2.45, 2.75) is 0 Å². The minimum Gasteiger partial charge on any atom is -0.492 e. The molecule has 2 heterocycles. The molecule has 0 atom stereocenters. The lowest BCUT2D eigenvalue weighted by Gasteiger charge is -2.08. The third-order valence-electron chi connectivity index (χ3n) is 3.81. The second-order valence-corrected chi connectivity index (χ2v) is 8.19. The minimum atomic E-state index is -0.535. The van der Waals surface area contributed by atoms with Crippen LogP contribution in [0.3, 0.4) is 0 Å². The standard InChI is InChI=1S/C18H10Cl2N4O2S2/c19-9-5-6-10(11(20)7-9)16(25)23-24-17(26)14(28-18(24)27)8-15-21-12-3-1-2-4-13(12)22-15/h1-8,26H,(H,23,25). The number of fused-ring (bicyclic) bond motifs is 1. The van der Waals surface area contributed by atoms with Crippen molar-refractivity contribution in [3.63, 3.8) is 0 Å². The molecule has 0 unspecified atom stereocenters. The van der Waals surface area contributed by atoms with Crippen LogP contribution in [0.5, 0.6) is 5.88 Å². The number of aromatic hydroxyl groups is 1. The first kappa shape index (κ1) is 18.8. The number of nitrogens with zero attached hydrogens (tertiary/aromatic N) is 3. The molecule has 0 bridgehead atoms.